The minimum atomic E-state index is -0.202. The largest absolute Gasteiger partial charge is 0.371 e. The van der Waals surface area contributed by atoms with Crippen LogP contribution in [0.4, 0.5) is 10.1 Å². The molecular formula is C15H22FN3O. The van der Waals surface area contributed by atoms with Crippen molar-refractivity contribution in [3.05, 3.63) is 29.6 Å². The number of rotatable bonds is 4. The average Bonchev–Trinajstić information content (AvgIpc) is 2.40. The van der Waals surface area contributed by atoms with Crippen LogP contribution in [-0.2, 0) is 11.3 Å². The third-order valence-corrected chi connectivity index (χ3v) is 3.65. The van der Waals surface area contributed by atoms with Crippen LogP contribution in [0.15, 0.2) is 18.2 Å². The molecule has 1 aliphatic rings. The summed E-state index contributed by atoms with van der Waals surface area (Å²) in [6.07, 6.45) is 1.85. The van der Waals surface area contributed by atoms with Crippen molar-refractivity contribution in [1.29, 1.82) is 0 Å². The molecule has 2 rings (SSSR count). The molecule has 0 spiro atoms. The molecule has 1 aliphatic heterocycles. The van der Waals surface area contributed by atoms with Gasteiger partial charge in [-0.05, 0) is 43.7 Å². The molecule has 1 aromatic rings. The van der Waals surface area contributed by atoms with E-state index >= 15 is 0 Å². The summed E-state index contributed by atoms with van der Waals surface area (Å²) in [6.45, 7) is 3.97. The van der Waals surface area contributed by atoms with E-state index in [4.69, 9.17) is 0 Å². The Morgan fingerprint density at radius 3 is 2.70 bits per heavy atom. The zero-order chi connectivity index (χ0) is 14.5. The van der Waals surface area contributed by atoms with Crippen LogP contribution < -0.4 is 15.5 Å². The van der Waals surface area contributed by atoms with Gasteiger partial charge < -0.3 is 15.5 Å². The summed E-state index contributed by atoms with van der Waals surface area (Å²) in [5, 5.41) is 6.04. The molecule has 20 heavy (non-hydrogen) atoms. The fourth-order valence-electron chi connectivity index (χ4n) is 2.75. The van der Waals surface area contributed by atoms with Gasteiger partial charge in [-0.25, -0.2) is 4.39 Å². The lowest BCUT2D eigenvalue weighted by molar-refractivity contribution is -0.119. The van der Waals surface area contributed by atoms with E-state index in [9.17, 15) is 9.18 Å². The van der Waals surface area contributed by atoms with Gasteiger partial charge in [0.25, 0.3) is 0 Å². The van der Waals surface area contributed by atoms with Crippen LogP contribution in [0, 0.1) is 5.82 Å². The minimum absolute atomic E-state index is 0.0288. The third kappa shape index (κ3) is 3.70. The van der Waals surface area contributed by atoms with Gasteiger partial charge in [0.05, 0.1) is 0 Å². The molecule has 0 bridgehead atoms. The fraction of sp³-hybridized carbons (Fsp3) is 0.533. The van der Waals surface area contributed by atoms with E-state index in [-0.39, 0.29) is 17.8 Å². The Kier molecular flexibility index (Phi) is 4.95. The van der Waals surface area contributed by atoms with Crippen LogP contribution in [0.25, 0.3) is 0 Å². The number of hydrogen-bond donors (Lipinski definition) is 2. The molecule has 5 heteroatoms. The predicted octanol–water partition coefficient (Wildman–Crippen LogP) is 1.65. The Morgan fingerprint density at radius 2 is 2.10 bits per heavy atom. The molecule has 0 aromatic heterocycles. The maximum absolute atomic E-state index is 13.3. The smallest absolute Gasteiger partial charge is 0.217 e. The summed E-state index contributed by atoms with van der Waals surface area (Å²) in [4.78, 5) is 13.3. The Bertz CT molecular complexity index is 470. The normalized spacial score (nSPS) is 16.2. The van der Waals surface area contributed by atoms with Crippen molar-refractivity contribution in [3.63, 3.8) is 0 Å². The molecule has 0 radical (unpaired) electrons. The third-order valence-electron chi connectivity index (χ3n) is 3.65. The molecule has 1 aromatic carbocycles. The van der Waals surface area contributed by atoms with Crippen LogP contribution >= 0.6 is 0 Å². The second-order valence-corrected chi connectivity index (χ2v) is 5.27. The molecule has 1 saturated heterocycles. The summed E-state index contributed by atoms with van der Waals surface area (Å²) in [5.74, 6) is -0.173. The van der Waals surface area contributed by atoms with E-state index < -0.39 is 0 Å². The van der Waals surface area contributed by atoms with Gasteiger partial charge in [-0.1, -0.05) is 0 Å². The molecule has 0 saturated carbocycles. The topological polar surface area (TPSA) is 44.4 Å². The minimum Gasteiger partial charge on any atom is -0.371 e. The van der Waals surface area contributed by atoms with Gasteiger partial charge in [-0.3, -0.25) is 4.79 Å². The zero-order valence-electron chi connectivity index (χ0n) is 12.1. The highest BCUT2D eigenvalue weighted by molar-refractivity contribution is 5.73. The molecule has 0 atom stereocenters. The molecule has 4 nitrogen and oxygen atoms in total. The van der Waals surface area contributed by atoms with Gasteiger partial charge in [-0.2, -0.15) is 0 Å². The lowest BCUT2D eigenvalue weighted by atomic mass is 10.0. The van der Waals surface area contributed by atoms with E-state index in [1.807, 2.05) is 13.1 Å². The zero-order valence-corrected chi connectivity index (χ0v) is 12.1. The highest BCUT2D eigenvalue weighted by atomic mass is 19.1. The maximum atomic E-state index is 13.3. The molecule has 110 valence electrons. The van der Waals surface area contributed by atoms with Crippen molar-refractivity contribution in [2.45, 2.75) is 32.4 Å². The van der Waals surface area contributed by atoms with Crippen molar-refractivity contribution in [2.24, 2.45) is 0 Å². The monoisotopic (exact) mass is 279 g/mol. The van der Waals surface area contributed by atoms with Gasteiger partial charge in [0.1, 0.15) is 5.82 Å². The van der Waals surface area contributed by atoms with Gasteiger partial charge in [0.2, 0.25) is 5.91 Å². The fourth-order valence-corrected chi connectivity index (χ4v) is 2.75. The molecule has 0 unspecified atom stereocenters. The van der Waals surface area contributed by atoms with Crippen LogP contribution in [0.3, 0.4) is 0 Å². The first-order chi connectivity index (χ1) is 9.60. The van der Waals surface area contributed by atoms with Gasteiger partial charge in [-0.15, -0.1) is 0 Å². The van der Waals surface area contributed by atoms with Gasteiger partial charge in [0, 0.05) is 38.3 Å². The molecule has 2 N–H and O–H groups in total. The van der Waals surface area contributed by atoms with Gasteiger partial charge in [0.15, 0.2) is 0 Å². The Labute approximate surface area is 119 Å². The van der Waals surface area contributed by atoms with E-state index in [1.165, 1.54) is 6.07 Å². The van der Waals surface area contributed by atoms with Gasteiger partial charge >= 0.3 is 0 Å². The van der Waals surface area contributed by atoms with Crippen molar-refractivity contribution in [1.82, 2.24) is 10.6 Å². The highest BCUT2D eigenvalue weighted by Crippen LogP contribution is 2.25. The van der Waals surface area contributed by atoms with Crippen LogP contribution in [0.1, 0.15) is 25.3 Å². The number of piperidine rings is 1. The standard InChI is InChI=1S/C15H22FN3O/c1-11(20)18-14-5-7-19(8-6-14)15-4-3-13(16)9-12(15)10-17-2/h3-4,9,14,17H,5-8,10H2,1-2H3,(H,18,20). The first-order valence-electron chi connectivity index (χ1n) is 7.05. The first-order valence-corrected chi connectivity index (χ1v) is 7.05. The second-order valence-electron chi connectivity index (χ2n) is 5.27. The highest BCUT2D eigenvalue weighted by Gasteiger charge is 2.21. The number of nitrogens with one attached hydrogen (secondary N) is 2. The van der Waals surface area contributed by atoms with E-state index in [2.05, 4.69) is 15.5 Å². The van der Waals surface area contributed by atoms with Crippen molar-refractivity contribution in [2.75, 3.05) is 25.0 Å². The SMILES string of the molecule is CNCc1cc(F)ccc1N1CCC(NC(C)=O)CC1. The van der Waals surface area contributed by atoms with E-state index in [0.717, 1.165) is 37.2 Å². The van der Waals surface area contributed by atoms with Crippen LogP contribution in [0.5, 0.6) is 0 Å². The summed E-state index contributed by atoms with van der Waals surface area (Å²) < 4.78 is 13.3. The quantitative estimate of drug-likeness (QED) is 0.881. The summed E-state index contributed by atoms with van der Waals surface area (Å²) >= 11 is 0. The Balaban J connectivity index is 2.04. The average molecular weight is 279 g/mol. The lowest BCUT2D eigenvalue weighted by Crippen LogP contribution is -2.44. The van der Waals surface area contributed by atoms with Crippen molar-refractivity contribution >= 4 is 11.6 Å². The number of benzene rings is 1. The number of anilines is 1. The summed E-state index contributed by atoms with van der Waals surface area (Å²) in [7, 11) is 1.86. The first kappa shape index (κ1) is 14.8. The van der Waals surface area contributed by atoms with Crippen molar-refractivity contribution in [3.8, 4) is 0 Å². The Hall–Kier alpha value is -1.62. The summed E-state index contributed by atoms with van der Waals surface area (Å²) in [5.41, 5.74) is 2.06. The number of nitrogens with zero attached hydrogens (tertiary/aromatic N) is 1. The van der Waals surface area contributed by atoms with E-state index in [1.54, 1.807) is 13.0 Å². The number of carbonyl (C=O) groups is 1. The number of halogens is 1. The molecule has 0 aliphatic carbocycles. The number of carbonyl (C=O) groups excluding carboxylic acids is 1. The molecular weight excluding hydrogens is 257 g/mol. The maximum Gasteiger partial charge on any atom is 0.217 e. The summed E-state index contributed by atoms with van der Waals surface area (Å²) in [6, 6.07) is 5.21. The Morgan fingerprint density at radius 1 is 1.40 bits per heavy atom. The molecule has 1 heterocycles. The van der Waals surface area contributed by atoms with E-state index in [0.29, 0.717) is 6.54 Å². The van der Waals surface area contributed by atoms with Crippen LogP contribution in [0.2, 0.25) is 0 Å². The molecule has 1 amide bonds. The van der Waals surface area contributed by atoms with Crippen LogP contribution in [-0.4, -0.2) is 32.1 Å². The van der Waals surface area contributed by atoms with Crippen molar-refractivity contribution < 1.29 is 9.18 Å². The number of hydrogen-bond acceptors (Lipinski definition) is 3. The second kappa shape index (κ2) is 6.70. The lowest BCUT2D eigenvalue weighted by Gasteiger charge is -2.35. The molecule has 1 fully saturated rings. The predicted molar refractivity (Wildman–Crippen MR) is 78.2 cm³/mol. The number of amides is 1.